The van der Waals surface area contributed by atoms with E-state index in [1.165, 1.54) is 12.1 Å². The van der Waals surface area contributed by atoms with E-state index in [0.717, 1.165) is 31.4 Å². The van der Waals surface area contributed by atoms with E-state index >= 15 is 0 Å². The molecule has 1 heterocycles. The van der Waals surface area contributed by atoms with E-state index in [1.807, 2.05) is 0 Å². The molecule has 0 saturated carbocycles. The fourth-order valence-electron chi connectivity index (χ4n) is 2.47. The summed E-state index contributed by atoms with van der Waals surface area (Å²) in [6.07, 6.45) is 2.64. The van der Waals surface area contributed by atoms with Crippen molar-refractivity contribution >= 4 is 11.8 Å². The SMILES string of the molecule is CC(C)(C)OC(=O)Nc1ccc(F)cc1C1CCCCN1. The number of nitrogens with one attached hydrogen (secondary N) is 2. The number of benzene rings is 1. The number of halogens is 1. The van der Waals surface area contributed by atoms with E-state index in [9.17, 15) is 9.18 Å². The molecule has 116 valence electrons. The van der Waals surface area contributed by atoms with Crippen LogP contribution in [0.15, 0.2) is 18.2 Å². The van der Waals surface area contributed by atoms with Crippen molar-refractivity contribution in [3.05, 3.63) is 29.6 Å². The van der Waals surface area contributed by atoms with Crippen LogP contribution in [0.5, 0.6) is 0 Å². The Kier molecular flexibility index (Phi) is 4.83. The van der Waals surface area contributed by atoms with Gasteiger partial charge in [0.05, 0.1) is 0 Å². The second-order valence-corrected chi connectivity index (χ2v) is 6.36. The second-order valence-electron chi connectivity index (χ2n) is 6.36. The molecule has 2 N–H and O–H groups in total. The maximum absolute atomic E-state index is 13.5. The van der Waals surface area contributed by atoms with E-state index in [0.29, 0.717) is 5.69 Å². The maximum Gasteiger partial charge on any atom is 0.412 e. The number of anilines is 1. The van der Waals surface area contributed by atoms with Gasteiger partial charge in [-0.05, 0) is 63.9 Å². The molecule has 2 rings (SSSR count). The summed E-state index contributed by atoms with van der Waals surface area (Å²) < 4.78 is 18.8. The first-order chi connectivity index (χ1) is 9.85. The molecule has 1 atom stereocenters. The molecule has 1 aromatic rings. The second kappa shape index (κ2) is 6.43. The number of carbonyl (C=O) groups is 1. The van der Waals surface area contributed by atoms with Crippen molar-refractivity contribution in [2.75, 3.05) is 11.9 Å². The summed E-state index contributed by atoms with van der Waals surface area (Å²) in [6.45, 7) is 6.33. The zero-order chi connectivity index (χ0) is 15.5. The first-order valence-electron chi connectivity index (χ1n) is 7.38. The molecule has 21 heavy (non-hydrogen) atoms. The van der Waals surface area contributed by atoms with Gasteiger partial charge < -0.3 is 10.1 Å². The van der Waals surface area contributed by atoms with Crippen LogP contribution in [0.1, 0.15) is 51.6 Å². The highest BCUT2D eigenvalue weighted by atomic mass is 19.1. The number of piperidine rings is 1. The van der Waals surface area contributed by atoms with Crippen LogP contribution in [0.3, 0.4) is 0 Å². The van der Waals surface area contributed by atoms with Gasteiger partial charge in [0.25, 0.3) is 0 Å². The van der Waals surface area contributed by atoms with Crippen LogP contribution in [0.2, 0.25) is 0 Å². The molecular formula is C16H23FN2O2. The van der Waals surface area contributed by atoms with Gasteiger partial charge in [-0.1, -0.05) is 6.42 Å². The van der Waals surface area contributed by atoms with Gasteiger partial charge in [0, 0.05) is 11.7 Å². The minimum Gasteiger partial charge on any atom is -0.444 e. The van der Waals surface area contributed by atoms with Crippen molar-refractivity contribution in [1.82, 2.24) is 5.32 Å². The number of amides is 1. The Bertz CT molecular complexity index is 505. The van der Waals surface area contributed by atoms with E-state index < -0.39 is 11.7 Å². The summed E-state index contributed by atoms with van der Waals surface area (Å²) in [6, 6.07) is 4.49. The van der Waals surface area contributed by atoms with Gasteiger partial charge in [0.1, 0.15) is 11.4 Å². The van der Waals surface area contributed by atoms with E-state index in [-0.39, 0.29) is 11.9 Å². The minimum atomic E-state index is -0.562. The lowest BCUT2D eigenvalue weighted by molar-refractivity contribution is 0.0635. The van der Waals surface area contributed by atoms with Gasteiger partial charge >= 0.3 is 6.09 Å². The predicted octanol–water partition coefficient (Wildman–Crippen LogP) is 3.99. The minimum absolute atomic E-state index is 0.0689. The highest BCUT2D eigenvalue weighted by molar-refractivity contribution is 5.86. The Hall–Kier alpha value is -1.62. The lowest BCUT2D eigenvalue weighted by Gasteiger charge is -2.26. The maximum atomic E-state index is 13.5. The lowest BCUT2D eigenvalue weighted by atomic mass is 9.96. The molecule has 0 bridgehead atoms. The van der Waals surface area contributed by atoms with Crippen LogP contribution in [0.25, 0.3) is 0 Å². The van der Waals surface area contributed by atoms with Gasteiger partial charge in [-0.2, -0.15) is 0 Å². The first kappa shape index (κ1) is 15.8. The summed E-state index contributed by atoms with van der Waals surface area (Å²) in [5.74, 6) is -0.299. The third-order valence-corrected chi connectivity index (χ3v) is 3.33. The van der Waals surface area contributed by atoms with Crippen LogP contribution in [0.4, 0.5) is 14.9 Å². The molecule has 0 aromatic heterocycles. The van der Waals surface area contributed by atoms with Crippen molar-refractivity contribution in [3.63, 3.8) is 0 Å². The van der Waals surface area contributed by atoms with E-state index in [2.05, 4.69) is 10.6 Å². The van der Waals surface area contributed by atoms with Crippen LogP contribution in [-0.2, 0) is 4.74 Å². The zero-order valence-corrected chi connectivity index (χ0v) is 12.8. The fourth-order valence-corrected chi connectivity index (χ4v) is 2.47. The van der Waals surface area contributed by atoms with Crippen LogP contribution >= 0.6 is 0 Å². The number of hydrogen-bond acceptors (Lipinski definition) is 3. The van der Waals surface area contributed by atoms with Gasteiger partial charge in [0.2, 0.25) is 0 Å². The smallest absolute Gasteiger partial charge is 0.412 e. The molecule has 1 aliphatic rings. The highest BCUT2D eigenvalue weighted by Gasteiger charge is 2.21. The lowest BCUT2D eigenvalue weighted by Crippen LogP contribution is -2.30. The molecule has 1 fully saturated rings. The zero-order valence-electron chi connectivity index (χ0n) is 12.8. The van der Waals surface area contributed by atoms with Gasteiger partial charge in [-0.25, -0.2) is 9.18 Å². The van der Waals surface area contributed by atoms with Gasteiger partial charge in [0.15, 0.2) is 0 Å². The Morgan fingerprint density at radius 3 is 2.76 bits per heavy atom. The topological polar surface area (TPSA) is 50.4 Å². The third-order valence-electron chi connectivity index (χ3n) is 3.33. The van der Waals surface area contributed by atoms with Gasteiger partial charge in [-0.3, -0.25) is 5.32 Å². The largest absolute Gasteiger partial charge is 0.444 e. The number of carbonyl (C=O) groups excluding carboxylic acids is 1. The van der Waals surface area contributed by atoms with Crippen molar-refractivity contribution in [2.24, 2.45) is 0 Å². The molecule has 0 spiro atoms. The van der Waals surface area contributed by atoms with Crippen molar-refractivity contribution in [2.45, 2.75) is 51.7 Å². The molecule has 1 aromatic carbocycles. The summed E-state index contributed by atoms with van der Waals surface area (Å²) in [7, 11) is 0. The van der Waals surface area contributed by atoms with E-state index in [1.54, 1.807) is 26.8 Å². The summed E-state index contributed by atoms with van der Waals surface area (Å²) >= 11 is 0. The van der Waals surface area contributed by atoms with Crippen molar-refractivity contribution < 1.29 is 13.9 Å². The first-order valence-corrected chi connectivity index (χ1v) is 7.38. The molecule has 1 amide bonds. The quantitative estimate of drug-likeness (QED) is 0.867. The normalized spacial score (nSPS) is 19.1. The van der Waals surface area contributed by atoms with Crippen LogP contribution in [0, 0.1) is 5.82 Å². The van der Waals surface area contributed by atoms with Gasteiger partial charge in [-0.15, -0.1) is 0 Å². The molecule has 4 nitrogen and oxygen atoms in total. The molecule has 0 aliphatic carbocycles. The Balaban J connectivity index is 2.16. The van der Waals surface area contributed by atoms with Crippen LogP contribution in [-0.4, -0.2) is 18.2 Å². The average Bonchev–Trinajstić information content (AvgIpc) is 2.40. The molecule has 1 unspecified atom stereocenters. The molecule has 1 saturated heterocycles. The fraction of sp³-hybridized carbons (Fsp3) is 0.562. The van der Waals surface area contributed by atoms with E-state index in [4.69, 9.17) is 4.74 Å². The molecule has 5 heteroatoms. The molecule has 0 radical (unpaired) electrons. The summed E-state index contributed by atoms with van der Waals surface area (Å²) in [5.41, 5.74) is 0.818. The monoisotopic (exact) mass is 294 g/mol. The Morgan fingerprint density at radius 2 is 2.14 bits per heavy atom. The standard InChI is InChI=1S/C16H23FN2O2/c1-16(2,3)21-15(20)19-14-8-7-11(17)10-12(14)13-6-4-5-9-18-13/h7-8,10,13,18H,4-6,9H2,1-3H3,(H,19,20). The van der Waals surface area contributed by atoms with Crippen molar-refractivity contribution in [3.8, 4) is 0 Å². The number of hydrogen-bond donors (Lipinski definition) is 2. The molecular weight excluding hydrogens is 271 g/mol. The van der Waals surface area contributed by atoms with Crippen LogP contribution < -0.4 is 10.6 Å². The number of ether oxygens (including phenoxy) is 1. The Labute approximate surface area is 125 Å². The third kappa shape index (κ3) is 4.70. The summed E-state index contributed by atoms with van der Waals surface area (Å²) in [5, 5.41) is 6.09. The highest BCUT2D eigenvalue weighted by Crippen LogP contribution is 2.30. The van der Waals surface area contributed by atoms with Crippen molar-refractivity contribution in [1.29, 1.82) is 0 Å². The Morgan fingerprint density at radius 1 is 1.38 bits per heavy atom. The number of rotatable bonds is 2. The predicted molar refractivity (Wildman–Crippen MR) is 80.9 cm³/mol. The average molecular weight is 294 g/mol. The molecule has 1 aliphatic heterocycles. The summed E-state index contributed by atoms with van der Waals surface area (Å²) in [4.78, 5) is 11.9.